The van der Waals surface area contributed by atoms with Crippen molar-refractivity contribution in [2.45, 2.75) is 30.7 Å². The lowest BCUT2D eigenvalue weighted by atomic mass is 9.81. The maximum Gasteiger partial charge on any atom is 0.321 e. The summed E-state index contributed by atoms with van der Waals surface area (Å²) in [4.78, 5) is 16.5. The Hall–Kier alpha value is -2.07. The quantitative estimate of drug-likeness (QED) is 0.701. The van der Waals surface area contributed by atoms with Crippen LogP contribution in [0.1, 0.15) is 31.0 Å². The van der Waals surface area contributed by atoms with Gasteiger partial charge in [-0.2, -0.15) is 0 Å². The molecule has 130 valence electrons. The molecule has 0 aliphatic heterocycles. The molecule has 1 fully saturated rings. The molecule has 2 amide bonds. The Morgan fingerprint density at radius 2 is 2.16 bits per heavy atom. The fraction of sp³-hybridized carbons (Fsp3) is 0.333. The molecule has 1 heterocycles. The topological polar surface area (TPSA) is 74.2 Å². The molecule has 0 unspecified atom stereocenters. The van der Waals surface area contributed by atoms with Crippen LogP contribution in [0.25, 0.3) is 0 Å². The van der Waals surface area contributed by atoms with Crippen molar-refractivity contribution in [3.05, 3.63) is 45.9 Å². The van der Waals surface area contributed by atoms with Crippen molar-refractivity contribution >= 4 is 34.1 Å². The Kier molecular flexibility index (Phi) is 4.74. The van der Waals surface area contributed by atoms with E-state index in [-0.39, 0.29) is 12.6 Å². The molecule has 3 rings (SSSR count). The van der Waals surface area contributed by atoms with Crippen molar-refractivity contribution in [2.75, 3.05) is 11.9 Å². The van der Waals surface area contributed by atoms with Crippen LogP contribution in [-0.4, -0.2) is 28.3 Å². The Balaban J connectivity index is 1.76. The van der Waals surface area contributed by atoms with Gasteiger partial charge >= 0.3 is 6.03 Å². The fourth-order valence-corrected chi connectivity index (χ4v) is 3.43. The molecule has 1 aromatic heterocycles. The van der Waals surface area contributed by atoms with Gasteiger partial charge in [-0.1, -0.05) is 29.7 Å². The van der Waals surface area contributed by atoms with E-state index in [1.807, 2.05) is 24.4 Å². The highest BCUT2D eigenvalue weighted by atomic mass is 35.5. The standard InChI is InChI=1S/C18H18ClN3O2S/c1-3-17(2,12-4-6-13(19)7-5-12)14-10-25-16(20-14)21-15(24)22-18(11-23)8-9-18/h1,4-7,10,23H,8-9,11H2,2H3,(H2,20,21,22,24)/t17-/m1/s1. The third kappa shape index (κ3) is 3.64. The van der Waals surface area contributed by atoms with Crippen LogP contribution in [0.15, 0.2) is 29.6 Å². The van der Waals surface area contributed by atoms with Crippen molar-refractivity contribution in [3.63, 3.8) is 0 Å². The number of hydrogen-bond acceptors (Lipinski definition) is 4. The molecule has 1 aromatic carbocycles. The van der Waals surface area contributed by atoms with Crippen LogP contribution in [0, 0.1) is 12.3 Å². The van der Waals surface area contributed by atoms with E-state index < -0.39 is 11.0 Å². The number of benzene rings is 1. The molecule has 1 aliphatic carbocycles. The number of urea groups is 1. The number of rotatable bonds is 5. The number of carbonyl (C=O) groups excluding carboxylic acids is 1. The first-order valence-electron chi connectivity index (χ1n) is 7.81. The van der Waals surface area contributed by atoms with Gasteiger partial charge in [0.05, 0.1) is 23.3 Å². The van der Waals surface area contributed by atoms with Gasteiger partial charge in [0.2, 0.25) is 0 Å². The van der Waals surface area contributed by atoms with E-state index in [1.54, 1.807) is 12.1 Å². The molecule has 0 saturated heterocycles. The van der Waals surface area contributed by atoms with Gasteiger partial charge in [-0.05, 0) is 37.5 Å². The molecule has 1 saturated carbocycles. The number of nitrogens with zero attached hydrogens (tertiary/aromatic N) is 1. The van der Waals surface area contributed by atoms with E-state index in [9.17, 15) is 9.90 Å². The van der Waals surface area contributed by atoms with E-state index >= 15 is 0 Å². The summed E-state index contributed by atoms with van der Waals surface area (Å²) < 4.78 is 0. The summed E-state index contributed by atoms with van der Waals surface area (Å²) in [7, 11) is 0. The second-order valence-electron chi connectivity index (χ2n) is 6.33. The molecule has 2 aromatic rings. The van der Waals surface area contributed by atoms with E-state index in [4.69, 9.17) is 18.0 Å². The number of aliphatic hydroxyl groups excluding tert-OH is 1. The maximum atomic E-state index is 12.0. The van der Waals surface area contributed by atoms with Gasteiger partial charge in [-0.25, -0.2) is 9.78 Å². The highest BCUT2D eigenvalue weighted by Crippen LogP contribution is 2.35. The summed E-state index contributed by atoms with van der Waals surface area (Å²) >= 11 is 7.25. The third-order valence-corrected chi connectivity index (χ3v) is 5.49. The SMILES string of the molecule is C#C[C@](C)(c1ccc(Cl)cc1)c1csc(NC(=O)NC2(CO)CC2)n1. The molecule has 7 heteroatoms. The Morgan fingerprint density at radius 1 is 1.48 bits per heavy atom. The zero-order valence-corrected chi connectivity index (χ0v) is 15.2. The second kappa shape index (κ2) is 6.68. The largest absolute Gasteiger partial charge is 0.394 e. The van der Waals surface area contributed by atoms with Gasteiger partial charge in [-0.3, -0.25) is 5.32 Å². The number of carbonyl (C=O) groups is 1. The van der Waals surface area contributed by atoms with Crippen molar-refractivity contribution in [1.82, 2.24) is 10.3 Å². The number of thiazole rings is 1. The van der Waals surface area contributed by atoms with Crippen LogP contribution in [0.4, 0.5) is 9.93 Å². The Labute approximate surface area is 155 Å². The molecular formula is C18H18ClN3O2S. The lowest BCUT2D eigenvalue weighted by Crippen LogP contribution is -2.42. The molecule has 0 spiro atoms. The number of amides is 2. The number of anilines is 1. The number of halogens is 1. The number of terminal acetylenes is 1. The lowest BCUT2D eigenvalue weighted by Gasteiger charge is -2.22. The first kappa shape index (κ1) is 17.7. The number of nitrogens with one attached hydrogen (secondary N) is 2. The van der Waals surface area contributed by atoms with Crippen molar-refractivity contribution in [1.29, 1.82) is 0 Å². The zero-order valence-electron chi connectivity index (χ0n) is 13.7. The first-order chi connectivity index (χ1) is 11.9. The van der Waals surface area contributed by atoms with Crippen LogP contribution in [0.5, 0.6) is 0 Å². The van der Waals surface area contributed by atoms with E-state index in [0.29, 0.717) is 15.8 Å². The summed E-state index contributed by atoms with van der Waals surface area (Å²) in [5.74, 6) is 2.79. The monoisotopic (exact) mass is 375 g/mol. The van der Waals surface area contributed by atoms with E-state index in [1.165, 1.54) is 11.3 Å². The van der Waals surface area contributed by atoms with Crippen LogP contribution in [0.2, 0.25) is 5.02 Å². The summed E-state index contributed by atoms with van der Waals surface area (Å²) in [6.07, 6.45) is 7.35. The predicted octanol–water partition coefficient (Wildman–Crippen LogP) is 3.38. The van der Waals surface area contributed by atoms with Crippen LogP contribution >= 0.6 is 22.9 Å². The Morgan fingerprint density at radius 3 is 2.72 bits per heavy atom. The normalized spacial score (nSPS) is 17.2. The maximum absolute atomic E-state index is 12.0. The smallest absolute Gasteiger partial charge is 0.321 e. The number of aromatic nitrogens is 1. The van der Waals surface area contributed by atoms with Gasteiger partial charge < -0.3 is 10.4 Å². The van der Waals surface area contributed by atoms with E-state index in [0.717, 1.165) is 18.4 Å². The third-order valence-electron chi connectivity index (χ3n) is 4.48. The summed E-state index contributed by atoms with van der Waals surface area (Å²) in [6.45, 7) is 1.84. The van der Waals surface area contributed by atoms with Gasteiger partial charge in [0.15, 0.2) is 5.13 Å². The second-order valence-corrected chi connectivity index (χ2v) is 7.63. The van der Waals surface area contributed by atoms with Gasteiger partial charge in [0.1, 0.15) is 0 Å². The van der Waals surface area contributed by atoms with Crippen molar-refractivity contribution in [2.24, 2.45) is 0 Å². The molecule has 0 radical (unpaired) electrons. The highest BCUT2D eigenvalue weighted by molar-refractivity contribution is 7.14. The molecule has 5 nitrogen and oxygen atoms in total. The number of aliphatic hydroxyl groups is 1. The van der Waals surface area contributed by atoms with E-state index in [2.05, 4.69) is 21.5 Å². The average molecular weight is 376 g/mol. The highest BCUT2D eigenvalue weighted by Gasteiger charge is 2.43. The molecule has 3 N–H and O–H groups in total. The molecule has 0 bridgehead atoms. The minimum absolute atomic E-state index is 0.0602. The van der Waals surface area contributed by atoms with Crippen molar-refractivity contribution in [3.8, 4) is 12.3 Å². The van der Waals surface area contributed by atoms with Gasteiger partial charge in [-0.15, -0.1) is 17.8 Å². The van der Waals surface area contributed by atoms with Crippen LogP contribution in [0.3, 0.4) is 0 Å². The minimum Gasteiger partial charge on any atom is -0.394 e. The number of hydrogen-bond donors (Lipinski definition) is 3. The van der Waals surface area contributed by atoms with Crippen LogP contribution < -0.4 is 10.6 Å². The molecule has 1 atom stereocenters. The fourth-order valence-electron chi connectivity index (χ4n) is 2.49. The predicted molar refractivity (Wildman–Crippen MR) is 100 cm³/mol. The van der Waals surface area contributed by atoms with Gasteiger partial charge in [0.25, 0.3) is 0 Å². The van der Waals surface area contributed by atoms with Crippen molar-refractivity contribution < 1.29 is 9.90 Å². The molecule has 25 heavy (non-hydrogen) atoms. The minimum atomic E-state index is -0.722. The Bertz CT molecular complexity index is 824. The van der Waals surface area contributed by atoms with Gasteiger partial charge in [0, 0.05) is 10.4 Å². The zero-order chi connectivity index (χ0) is 18.1. The summed E-state index contributed by atoms with van der Waals surface area (Å²) in [5.41, 5.74) is 0.389. The summed E-state index contributed by atoms with van der Waals surface area (Å²) in [6, 6.07) is 6.95. The molecular weight excluding hydrogens is 358 g/mol. The van der Waals surface area contributed by atoms with Crippen LogP contribution in [-0.2, 0) is 5.41 Å². The summed E-state index contributed by atoms with van der Waals surface area (Å²) in [5, 5.41) is 17.7. The molecule has 1 aliphatic rings. The lowest BCUT2D eigenvalue weighted by molar-refractivity contribution is 0.217. The average Bonchev–Trinajstić information content (AvgIpc) is 3.22. The first-order valence-corrected chi connectivity index (χ1v) is 9.06.